The molecule has 0 radical (unpaired) electrons. The Bertz CT molecular complexity index is 703. The summed E-state index contributed by atoms with van der Waals surface area (Å²) in [5.74, 6) is -0.391. The third-order valence-corrected chi connectivity index (χ3v) is 3.84. The maximum absolute atomic E-state index is 12.4. The fraction of sp³-hybridized carbons (Fsp3) is 0.176. The third kappa shape index (κ3) is 3.03. The van der Waals surface area contributed by atoms with Gasteiger partial charge in [-0.05, 0) is 29.8 Å². The molecule has 0 spiro atoms. The number of hydrogen-bond acceptors (Lipinski definition) is 3. The van der Waals surface area contributed by atoms with E-state index in [-0.39, 0.29) is 18.2 Å². The maximum atomic E-state index is 12.4. The molecule has 2 amide bonds. The van der Waals surface area contributed by atoms with E-state index in [0.717, 1.165) is 5.56 Å². The number of anilines is 1. The van der Waals surface area contributed by atoms with Gasteiger partial charge >= 0.3 is 0 Å². The zero-order chi connectivity index (χ0) is 15.5. The molecule has 1 heterocycles. The zero-order valence-electron chi connectivity index (χ0n) is 11.8. The summed E-state index contributed by atoms with van der Waals surface area (Å²) in [4.78, 5) is 25.8. The summed E-state index contributed by atoms with van der Waals surface area (Å²) in [5, 5.41) is 3.79. The number of carbonyl (C=O) groups excluding carboxylic acids is 2. The van der Waals surface area contributed by atoms with Crippen LogP contribution in [0.3, 0.4) is 0 Å². The first-order valence-corrected chi connectivity index (χ1v) is 7.42. The van der Waals surface area contributed by atoms with Crippen molar-refractivity contribution < 1.29 is 9.59 Å². The van der Waals surface area contributed by atoms with Crippen LogP contribution in [0.1, 0.15) is 12.0 Å². The fourth-order valence-electron chi connectivity index (χ4n) is 2.53. The van der Waals surface area contributed by atoms with Crippen molar-refractivity contribution in [2.24, 2.45) is 0 Å². The van der Waals surface area contributed by atoms with E-state index in [1.165, 1.54) is 4.90 Å². The van der Waals surface area contributed by atoms with Gasteiger partial charge in [0, 0.05) is 11.6 Å². The highest BCUT2D eigenvalue weighted by molar-refractivity contribution is 6.30. The number of rotatable bonds is 4. The van der Waals surface area contributed by atoms with Gasteiger partial charge < -0.3 is 5.32 Å². The molecule has 3 rings (SSSR count). The molecule has 112 valence electrons. The normalized spacial score (nSPS) is 18.0. The fourth-order valence-corrected chi connectivity index (χ4v) is 2.74. The molecule has 1 saturated heterocycles. The van der Waals surface area contributed by atoms with E-state index in [1.807, 2.05) is 36.4 Å². The lowest BCUT2D eigenvalue weighted by atomic mass is 10.2. The Kier molecular flexibility index (Phi) is 4.22. The lowest BCUT2D eigenvalue weighted by Crippen LogP contribution is -2.38. The summed E-state index contributed by atoms with van der Waals surface area (Å²) in [7, 11) is 0. The predicted molar refractivity (Wildman–Crippen MR) is 85.6 cm³/mol. The lowest BCUT2D eigenvalue weighted by molar-refractivity contribution is -0.121. The van der Waals surface area contributed by atoms with Crippen LogP contribution in [0.4, 0.5) is 5.69 Å². The number of halogens is 1. The van der Waals surface area contributed by atoms with Crippen molar-refractivity contribution in [2.45, 2.75) is 19.0 Å². The molecular weight excluding hydrogens is 300 g/mol. The molecule has 4 nitrogen and oxygen atoms in total. The number of hydrogen-bond donors (Lipinski definition) is 1. The Morgan fingerprint density at radius 3 is 2.59 bits per heavy atom. The van der Waals surface area contributed by atoms with Gasteiger partial charge in [0.2, 0.25) is 5.91 Å². The Labute approximate surface area is 133 Å². The van der Waals surface area contributed by atoms with Crippen molar-refractivity contribution in [1.82, 2.24) is 5.32 Å². The van der Waals surface area contributed by atoms with Gasteiger partial charge in [-0.3, -0.25) is 9.59 Å². The molecule has 0 aromatic heterocycles. The molecule has 1 atom stereocenters. The van der Waals surface area contributed by atoms with Gasteiger partial charge in [-0.15, -0.1) is 0 Å². The average molecular weight is 315 g/mol. The first-order valence-electron chi connectivity index (χ1n) is 7.05. The van der Waals surface area contributed by atoms with Crippen LogP contribution in [-0.2, 0) is 16.1 Å². The summed E-state index contributed by atoms with van der Waals surface area (Å²) >= 11 is 5.94. The monoisotopic (exact) mass is 314 g/mol. The van der Waals surface area contributed by atoms with Crippen molar-refractivity contribution in [3.05, 3.63) is 65.2 Å². The number of benzene rings is 2. The van der Waals surface area contributed by atoms with E-state index < -0.39 is 6.04 Å². The Morgan fingerprint density at radius 2 is 1.86 bits per heavy atom. The van der Waals surface area contributed by atoms with Crippen molar-refractivity contribution in [3.63, 3.8) is 0 Å². The molecule has 2 aromatic carbocycles. The van der Waals surface area contributed by atoms with Crippen LogP contribution in [0.15, 0.2) is 54.6 Å². The van der Waals surface area contributed by atoms with Gasteiger partial charge in [-0.1, -0.05) is 41.9 Å². The van der Waals surface area contributed by atoms with Crippen LogP contribution in [0.5, 0.6) is 0 Å². The van der Waals surface area contributed by atoms with Gasteiger partial charge in [0.25, 0.3) is 5.91 Å². The molecule has 2 aromatic rings. The molecule has 1 fully saturated rings. The van der Waals surface area contributed by atoms with Gasteiger partial charge in [-0.25, -0.2) is 4.90 Å². The van der Waals surface area contributed by atoms with E-state index in [9.17, 15) is 9.59 Å². The van der Waals surface area contributed by atoms with Gasteiger partial charge in [0.1, 0.15) is 0 Å². The average Bonchev–Trinajstić information content (AvgIpc) is 2.80. The highest BCUT2D eigenvalue weighted by Gasteiger charge is 2.39. The molecule has 0 bridgehead atoms. The van der Waals surface area contributed by atoms with Crippen molar-refractivity contribution in [1.29, 1.82) is 0 Å². The van der Waals surface area contributed by atoms with Gasteiger partial charge in [-0.2, -0.15) is 0 Å². The minimum Gasteiger partial charge on any atom is -0.301 e. The van der Waals surface area contributed by atoms with Crippen molar-refractivity contribution in [3.8, 4) is 0 Å². The largest absolute Gasteiger partial charge is 0.301 e. The summed E-state index contributed by atoms with van der Waals surface area (Å²) in [6, 6.07) is 15.9. The van der Waals surface area contributed by atoms with Crippen LogP contribution in [0, 0.1) is 0 Å². The van der Waals surface area contributed by atoms with Crippen molar-refractivity contribution >= 4 is 29.1 Å². The number of para-hydroxylation sites is 1. The van der Waals surface area contributed by atoms with E-state index in [0.29, 0.717) is 17.3 Å². The Hall–Kier alpha value is -2.17. The summed E-state index contributed by atoms with van der Waals surface area (Å²) in [5.41, 5.74) is 1.59. The minimum absolute atomic E-state index is 0.175. The highest BCUT2D eigenvalue weighted by Crippen LogP contribution is 2.22. The topological polar surface area (TPSA) is 49.4 Å². The maximum Gasteiger partial charge on any atom is 0.251 e. The van der Waals surface area contributed by atoms with Crippen LogP contribution < -0.4 is 10.2 Å². The molecule has 1 aliphatic rings. The number of imide groups is 1. The first-order chi connectivity index (χ1) is 10.6. The second kappa shape index (κ2) is 6.30. The molecule has 1 aliphatic heterocycles. The van der Waals surface area contributed by atoms with E-state index in [4.69, 9.17) is 11.6 Å². The van der Waals surface area contributed by atoms with Crippen LogP contribution in [0.25, 0.3) is 0 Å². The van der Waals surface area contributed by atoms with E-state index >= 15 is 0 Å². The molecule has 0 saturated carbocycles. The number of amides is 2. The SMILES string of the molecule is O=C1CC(NCc2cccc(Cl)c2)C(=O)N1c1ccccc1. The van der Waals surface area contributed by atoms with Crippen LogP contribution in [0.2, 0.25) is 5.02 Å². The standard InChI is InChI=1S/C17H15ClN2O2/c18-13-6-4-5-12(9-13)11-19-15-10-16(21)20(17(15)22)14-7-2-1-3-8-14/h1-9,15,19H,10-11H2. The van der Waals surface area contributed by atoms with Gasteiger partial charge in [0.05, 0.1) is 18.2 Å². The zero-order valence-corrected chi connectivity index (χ0v) is 12.6. The quantitative estimate of drug-likeness (QED) is 0.883. The summed E-state index contributed by atoms with van der Waals surface area (Å²) in [6.45, 7) is 0.493. The van der Waals surface area contributed by atoms with E-state index in [1.54, 1.807) is 18.2 Å². The Morgan fingerprint density at radius 1 is 1.09 bits per heavy atom. The summed E-state index contributed by atoms with van der Waals surface area (Å²) in [6.07, 6.45) is 0.175. The predicted octanol–water partition coefficient (Wildman–Crippen LogP) is 2.76. The highest BCUT2D eigenvalue weighted by atomic mass is 35.5. The Balaban J connectivity index is 1.69. The lowest BCUT2D eigenvalue weighted by Gasteiger charge is -2.15. The smallest absolute Gasteiger partial charge is 0.251 e. The number of nitrogens with zero attached hydrogens (tertiary/aromatic N) is 1. The summed E-state index contributed by atoms with van der Waals surface area (Å²) < 4.78 is 0. The molecule has 1 N–H and O–H groups in total. The first kappa shape index (κ1) is 14.8. The molecule has 1 unspecified atom stereocenters. The second-order valence-electron chi connectivity index (χ2n) is 5.17. The molecule has 0 aliphatic carbocycles. The van der Waals surface area contributed by atoms with Gasteiger partial charge in [0.15, 0.2) is 0 Å². The van der Waals surface area contributed by atoms with Crippen LogP contribution in [-0.4, -0.2) is 17.9 Å². The molecule has 22 heavy (non-hydrogen) atoms. The van der Waals surface area contributed by atoms with Crippen molar-refractivity contribution in [2.75, 3.05) is 4.90 Å². The third-order valence-electron chi connectivity index (χ3n) is 3.60. The second-order valence-corrected chi connectivity index (χ2v) is 5.61. The number of nitrogens with one attached hydrogen (secondary N) is 1. The minimum atomic E-state index is -0.494. The number of carbonyl (C=O) groups is 2. The molecular formula is C17H15ClN2O2. The van der Waals surface area contributed by atoms with E-state index in [2.05, 4.69) is 5.32 Å². The molecule has 5 heteroatoms. The van der Waals surface area contributed by atoms with Crippen LogP contribution >= 0.6 is 11.6 Å².